The van der Waals surface area contributed by atoms with Gasteiger partial charge in [-0.1, -0.05) is 39.8 Å². The summed E-state index contributed by atoms with van der Waals surface area (Å²) in [5.41, 5.74) is 3.56. The summed E-state index contributed by atoms with van der Waals surface area (Å²) in [7, 11) is 0. The highest BCUT2D eigenvalue weighted by Gasteiger charge is 2.34. The van der Waals surface area contributed by atoms with Crippen molar-refractivity contribution in [1.29, 1.82) is 0 Å². The summed E-state index contributed by atoms with van der Waals surface area (Å²) in [4.78, 5) is 28.0. The molecular formula is C25H36N4O3. The zero-order valence-corrected chi connectivity index (χ0v) is 20.1. The van der Waals surface area contributed by atoms with E-state index in [1.807, 2.05) is 56.6 Å². The molecule has 1 aliphatic rings. The molecule has 2 heterocycles. The smallest absolute Gasteiger partial charge is 0.263 e. The number of hydrogen-bond donors (Lipinski definition) is 1. The molecule has 0 fully saturated rings. The zero-order valence-electron chi connectivity index (χ0n) is 20.1. The fourth-order valence-electron chi connectivity index (χ4n) is 4.15. The minimum Gasteiger partial charge on any atom is -0.477 e. The molecule has 0 saturated heterocycles. The molecule has 0 spiro atoms. The fraction of sp³-hybridized carbons (Fsp3) is 0.560. The van der Waals surface area contributed by atoms with E-state index < -0.39 is 6.10 Å². The van der Waals surface area contributed by atoms with Gasteiger partial charge in [-0.25, -0.2) is 0 Å². The maximum absolute atomic E-state index is 13.5. The van der Waals surface area contributed by atoms with Crippen molar-refractivity contribution in [3.05, 3.63) is 41.2 Å². The summed E-state index contributed by atoms with van der Waals surface area (Å²) >= 11 is 0. The van der Waals surface area contributed by atoms with Crippen molar-refractivity contribution in [3.63, 3.8) is 0 Å². The van der Waals surface area contributed by atoms with Gasteiger partial charge in [0, 0.05) is 23.8 Å². The van der Waals surface area contributed by atoms with Crippen LogP contribution in [0.15, 0.2) is 24.3 Å². The number of aromatic nitrogens is 2. The van der Waals surface area contributed by atoms with Gasteiger partial charge in [0.05, 0.1) is 24.3 Å². The Morgan fingerprint density at radius 2 is 1.88 bits per heavy atom. The Morgan fingerprint density at radius 1 is 1.19 bits per heavy atom. The summed E-state index contributed by atoms with van der Waals surface area (Å²) in [6.07, 6.45) is 1.21. The Labute approximate surface area is 191 Å². The van der Waals surface area contributed by atoms with E-state index in [-0.39, 0.29) is 30.8 Å². The molecule has 7 heteroatoms. The third kappa shape index (κ3) is 5.14. The van der Waals surface area contributed by atoms with Crippen LogP contribution in [0.1, 0.15) is 57.5 Å². The Bertz CT molecular complexity index is 962. The molecule has 1 atom stereocenters. The lowest BCUT2D eigenvalue weighted by Crippen LogP contribution is -2.52. The number of para-hydroxylation sites is 2. The van der Waals surface area contributed by atoms with E-state index in [1.54, 1.807) is 4.90 Å². The Hall–Kier alpha value is -2.83. The average Bonchev–Trinajstić information content (AvgIpc) is 3.03. The second kappa shape index (κ2) is 10.2. The normalized spacial score (nSPS) is 15.6. The first-order valence-corrected chi connectivity index (χ1v) is 11.6. The SMILES string of the molecule is CCC(CC)NC(=O)C1CN(C(=O)Cc2c(C)nn(CC(C)C)c2C)c2ccccc2O1. The Morgan fingerprint density at radius 3 is 2.53 bits per heavy atom. The van der Waals surface area contributed by atoms with Crippen molar-refractivity contribution in [2.75, 3.05) is 11.4 Å². The van der Waals surface area contributed by atoms with Crippen molar-refractivity contribution in [2.24, 2.45) is 5.92 Å². The lowest BCUT2D eigenvalue weighted by molar-refractivity contribution is -0.129. The lowest BCUT2D eigenvalue weighted by Gasteiger charge is -2.35. The number of carbonyl (C=O) groups excluding carboxylic acids is 2. The minimum atomic E-state index is -0.736. The van der Waals surface area contributed by atoms with Crippen LogP contribution < -0.4 is 15.0 Å². The van der Waals surface area contributed by atoms with E-state index in [4.69, 9.17) is 4.74 Å². The molecule has 1 N–H and O–H groups in total. The van der Waals surface area contributed by atoms with Gasteiger partial charge in [-0.15, -0.1) is 0 Å². The number of rotatable bonds is 8. The molecular weight excluding hydrogens is 404 g/mol. The number of fused-ring (bicyclic) bond motifs is 1. The standard InChI is InChI=1S/C25H36N4O3/c1-7-19(8-2)26-25(31)23-15-28(21-11-9-10-12-22(21)32-23)24(30)13-20-17(5)27-29(18(20)6)14-16(3)4/h9-12,16,19,23H,7-8,13-15H2,1-6H3,(H,26,31). The van der Waals surface area contributed by atoms with Crippen LogP contribution in [0.3, 0.4) is 0 Å². The van der Waals surface area contributed by atoms with Crippen LogP contribution in [0.5, 0.6) is 5.75 Å². The van der Waals surface area contributed by atoms with Crippen LogP contribution in [-0.4, -0.2) is 40.3 Å². The molecule has 7 nitrogen and oxygen atoms in total. The fourth-order valence-corrected chi connectivity index (χ4v) is 4.15. The van der Waals surface area contributed by atoms with Crippen molar-refractivity contribution >= 4 is 17.5 Å². The second-order valence-corrected chi connectivity index (χ2v) is 9.00. The Kier molecular flexibility index (Phi) is 7.59. The summed E-state index contributed by atoms with van der Waals surface area (Å²) in [5.74, 6) is 0.789. The van der Waals surface area contributed by atoms with E-state index in [0.717, 1.165) is 36.3 Å². The number of carbonyl (C=O) groups is 2. The molecule has 2 amide bonds. The number of benzene rings is 1. The summed E-state index contributed by atoms with van der Waals surface area (Å²) in [6.45, 7) is 13.4. The number of anilines is 1. The maximum Gasteiger partial charge on any atom is 0.263 e. The third-order valence-corrected chi connectivity index (χ3v) is 6.10. The first kappa shape index (κ1) is 23.8. The van der Waals surface area contributed by atoms with Gasteiger partial charge in [-0.05, 0) is 44.7 Å². The van der Waals surface area contributed by atoms with E-state index in [2.05, 4.69) is 24.3 Å². The van der Waals surface area contributed by atoms with Crippen LogP contribution in [-0.2, 0) is 22.6 Å². The van der Waals surface area contributed by atoms with Gasteiger partial charge in [0.2, 0.25) is 5.91 Å². The van der Waals surface area contributed by atoms with Crippen LogP contribution in [0.2, 0.25) is 0 Å². The number of ether oxygens (including phenoxy) is 1. The van der Waals surface area contributed by atoms with Gasteiger partial charge >= 0.3 is 0 Å². The highest BCUT2D eigenvalue weighted by molar-refractivity contribution is 5.98. The van der Waals surface area contributed by atoms with Gasteiger partial charge in [0.25, 0.3) is 5.91 Å². The average molecular weight is 441 g/mol. The number of hydrogen-bond acceptors (Lipinski definition) is 4. The van der Waals surface area contributed by atoms with E-state index in [0.29, 0.717) is 17.4 Å². The van der Waals surface area contributed by atoms with Crippen molar-refractivity contribution in [2.45, 2.75) is 79.5 Å². The molecule has 0 aliphatic carbocycles. The molecule has 0 bridgehead atoms. The van der Waals surface area contributed by atoms with Gasteiger partial charge in [-0.2, -0.15) is 5.10 Å². The van der Waals surface area contributed by atoms with Crippen molar-refractivity contribution in [1.82, 2.24) is 15.1 Å². The predicted molar refractivity (Wildman–Crippen MR) is 126 cm³/mol. The number of amides is 2. The quantitative estimate of drug-likeness (QED) is 0.677. The van der Waals surface area contributed by atoms with Gasteiger partial charge in [-0.3, -0.25) is 14.3 Å². The van der Waals surface area contributed by atoms with Gasteiger partial charge in [0.1, 0.15) is 5.75 Å². The van der Waals surface area contributed by atoms with Gasteiger partial charge < -0.3 is 15.0 Å². The zero-order chi connectivity index (χ0) is 23.4. The molecule has 32 heavy (non-hydrogen) atoms. The van der Waals surface area contributed by atoms with Crippen molar-refractivity contribution in [3.8, 4) is 5.75 Å². The lowest BCUT2D eigenvalue weighted by atomic mass is 10.1. The van der Waals surface area contributed by atoms with Crippen molar-refractivity contribution < 1.29 is 14.3 Å². The highest BCUT2D eigenvalue weighted by Crippen LogP contribution is 2.34. The summed E-state index contributed by atoms with van der Waals surface area (Å²) in [5, 5.41) is 7.70. The molecule has 1 aromatic carbocycles. The molecule has 0 saturated carbocycles. The number of nitrogens with one attached hydrogen (secondary N) is 1. The molecule has 0 radical (unpaired) electrons. The second-order valence-electron chi connectivity index (χ2n) is 9.00. The topological polar surface area (TPSA) is 76.5 Å². The molecule has 1 aliphatic heterocycles. The van der Waals surface area contributed by atoms with E-state index in [9.17, 15) is 9.59 Å². The van der Waals surface area contributed by atoms with Crippen LogP contribution in [0.25, 0.3) is 0 Å². The van der Waals surface area contributed by atoms with E-state index >= 15 is 0 Å². The molecule has 2 aromatic rings. The highest BCUT2D eigenvalue weighted by atomic mass is 16.5. The molecule has 1 unspecified atom stereocenters. The van der Waals surface area contributed by atoms with E-state index in [1.165, 1.54) is 0 Å². The molecule has 1 aromatic heterocycles. The van der Waals surface area contributed by atoms with Crippen LogP contribution in [0, 0.1) is 19.8 Å². The molecule has 174 valence electrons. The van der Waals surface area contributed by atoms with Gasteiger partial charge in [0.15, 0.2) is 6.10 Å². The predicted octanol–water partition coefficient (Wildman–Crippen LogP) is 3.80. The maximum atomic E-state index is 13.5. The first-order chi connectivity index (χ1) is 15.2. The number of aryl methyl sites for hydroxylation is 1. The third-order valence-electron chi connectivity index (χ3n) is 6.10. The van der Waals surface area contributed by atoms with Crippen LogP contribution in [0.4, 0.5) is 5.69 Å². The minimum absolute atomic E-state index is 0.0589. The largest absolute Gasteiger partial charge is 0.477 e. The number of nitrogens with zero attached hydrogens (tertiary/aromatic N) is 3. The Balaban J connectivity index is 1.83. The summed E-state index contributed by atoms with van der Waals surface area (Å²) in [6, 6.07) is 7.51. The molecule has 3 rings (SSSR count). The monoisotopic (exact) mass is 440 g/mol. The van der Waals surface area contributed by atoms with Crippen LogP contribution >= 0.6 is 0 Å². The summed E-state index contributed by atoms with van der Waals surface area (Å²) < 4.78 is 7.97. The first-order valence-electron chi connectivity index (χ1n) is 11.6.